The normalized spacial score (nSPS) is 15.3. The van der Waals surface area contributed by atoms with Gasteiger partial charge in [-0.25, -0.2) is 9.78 Å². The number of amides is 2. The van der Waals surface area contributed by atoms with E-state index in [0.29, 0.717) is 12.6 Å². The van der Waals surface area contributed by atoms with Crippen LogP contribution in [0.2, 0.25) is 0 Å². The molecule has 1 saturated carbocycles. The highest BCUT2D eigenvalue weighted by Crippen LogP contribution is 2.34. The quantitative estimate of drug-likeness (QED) is 0.881. The third-order valence-electron chi connectivity index (χ3n) is 3.89. The van der Waals surface area contributed by atoms with Crippen LogP contribution in [0.5, 0.6) is 0 Å². The zero-order valence-electron chi connectivity index (χ0n) is 13.7. The summed E-state index contributed by atoms with van der Waals surface area (Å²) in [6, 6.07) is 3.95. The lowest BCUT2D eigenvalue weighted by atomic mass is 10.2. The Kier molecular flexibility index (Phi) is 4.56. The van der Waals surface area contributed by atoms with Gasteiger partial charge in [0.15, 0.2) is 5.13 Å². The molecule has 0 aliphatic heterocycles. The largest absolute Gasteiger partial charge is 0.467 e. The summed E-state index contributed by atoms with van der Waals surface area (Å²) in [4.78, 5) is 21.0. The van der Waals surface area contributed by atoms with Crippen LogP contribution in [0.15, 0.2) is 28.2 Å². The van der Waals surface area contributed by atoms with E-state index in [1.165, 1.54) is 0 Å². The number of nitrogens with zero attached hydrogens (tertiary/aromatic N) is 3. The predicted octanol–water partition coefficient (Wildman–Crippen LogP) is 3.24. The Bertz CT molecular complexity index is 649. The molecule has 0 spiro atoms. The monoisotopic (exact) mass is 334 g/mol. The molecule has 0 unspecified atom stereocenters. The van der Waals surface area contributed by atoms with Crippen molar-refractivity contribution in [1.82, 2.24) is 15.2 Å². The fourth-order valence-electron chi connectivity index (χ4n) is 2.52. The van der Waals surface area contributed by atoms with Crippen molar-refractivity contribution < 1.29 is 9.21 Å². The first-order chi connectivity index (χ1) is 11.1. The van der Waals surface area contributed by atoms with Gasteiger partial charge in [0, 0.05) is 25.5 Å². The van der Waals surface area contributed by atoms with Crippen molar-refractivity contribution in [2.45, 2.75) is 38.4 Å². The van der Waals surface area contributed by atoms with Gasteiger partial charge in [-0.15, -0.1) is 11.3 Å². The number of furan rings is 1. The topological polar surface area (TPSA) is 61.6 Å². The first-order valence-corrected chi connectivity index (χ1v) is 8.65. The Labute approximate surface area is 140 Å². The minimum Gasteiger partial charge on any atom is -0.467 e. The van der Waals surface area contributed by atoms with Crippen molar-refractivity contribution in [3.63, 3.8) is 0 Å². The molecule has 1 N–H and O–H groups in total. The molecule has 1 aliphatic carbocycles. The second-order valence-corrected chi connectivity index (χ2v) is 6.84. The van der Waals surface area contributed by atoms with Crippen molar-refractivity contribution in [1.29, 1.82) is 0 Å². The molecule has 23 heavy (non-hydrogen) atoms. The maximum atomic E-state index is 12.6. The molecular weight excluding hydrogens is 312 g/mol. The van der Waals surface area contributed by atoms with Crippen LogP contribution in [0.3, 0.4) is 0 Å². The highest BCUT2D eigenvalue weighted by Gasteiger charge is 2.37. The Morgan fingerprint density at radius 2 is 2.30 bits per heavy atom. The van der Waals surface area contributed by atoms with Crippen molar-refractivity contribution in [3.05, 3.63) is 35.2 Å². The molecule has 0 aromatic carbocycles. The van der Waals surface area contributed by atoms with Crippen LogP contribution in [0.25, 0.3) is 0 Å². The summed E-state index contributed by atoms with van der Waals surface area (Å²) in [6.45, 7) is 2.45. The summed E-state index contributed by atoms with van der Waals surface area (Å²) < 4.78 is 5.46. The SMILES string of the molecule is C[C@@H](c1ccco1)N(C(=O)NCc1csc(N(C)C)n1)C1CC1. The number of hydrogen-bond acceptors (Lipinski definition) is 5. The number of hydrogen-bond donors (Lipinski definition) is 1. The second-order valence-electron chi connectivity index (χ2n) is 6.00. The summed E-state index contributed by atoms with van der Waals surface area (Å²) >= 11 is 1.58. The average Bonchev–Trinajstić information content (AvgIpc) is 3.05. The van der Waals surface area contributed by atoms with E-state index in [1.807, 2.05) is 48.3 Å². The highest BCUT2D eigenvalue weighted by molar-refractivity contribution is 7.13. The fraction of sp³-hybridized carbons (Fsp3) is 0.500. The van der Waals surface area contributed by atoms with Gasteiger partial charge in [-0.2, -0.15) is 0 Å². The van der Waals surface area contributed by atoms with Crippen LogP contribution in [0.1, 0.15) is 37.3 Å². The zero-order valence-corrected chi connectivity index (χ0v) is 14.5. The standard InChI is InChI=1S/C16H22N4O2S/c1-11(14-5-4-8-22-14)20(13-6-7-13)15(21)17-9-12-10-23-16(18-12)19(2)3/h4-5,8,10-11,13H,6-7,9H2,1-3H3,(H,17,21)/t11-/m0/s1. The van der Waals surface area contributed by atoms with Gasteiger partial charge in [0.1, 0.15) is 5.76 Å². The second kappa shape index (κ2) is 6.62. The lowest BCUT2D eigenvalue weighted by molar-refractivity contribution is 0.166. The van der Waals surface area contributed by atoms with Crippen LogP contribution in [0, 0.1) is 0 Å². The number of carbonyl (C=O) groups excluding carboxylic acids is 1. The summed E-state index contributed by atoms with van der Waals surface area (Å²) in [5.74, 6) is 0.815. The number of nitrogens with one attached hydrogen (secondary N) is 1. The summed E-state index contributed by atoms with van der Waals surface area (Å²) in [5, 5.41) is 5.91. The van der Waals surface area contributed by atoms with Crippen LogP contribution >= 0.6 is 11.3 Å². The van der Waals surface area contributed by atoms with Crippen LogP contribution in [0.4, 0.5) is 9.93 Å². The molecule has 6 nitrogen and oxygen atoms in total. The molecule has 2 aromatic heterocycles. The number of thiazole rings is 1. The Balaban J connectivity index is 1.62. The molecule has 7 heteroatoms. The van der Waals surface area contributed by atoms with Crippen molar-refractivity contribution in [2.75, 3.05) is 19.0 Å². The Hall–Kier alpha value is -2.02. The van der Waals surface area contributed by atoms with Crippen LogP contribution in [-0.2, 0) is 6.54 Å². The third kappa shape index (κ3) is 3.67. The van der Waals surface area contributed by atoms with Gasteiger partial charge >= 0.3 is 6.03 Å². The van der Waals surface area contributed by atoms with E-state index in [2.05, 4.69) is 10.3 Å². The van der Waals surface area contributed by atoms with Crippen molar-refractivity contribution in [2.24, 2.45) is 0 Å². The van der Waals surface area contributed by atoms with Gasteiger partial charge in [0.05, 0.1) is 24.5 Å². The molecule has 124 valence electrons. The van der Waals surface area contributed by atoms with E-state index in [-0.39, 0.29) is 12.1 Å². The molecule has 2 amide bonds. The van der Waals surface area contributed by atoms with Gasteiger partial charge in [0.2, 0.25) is 0 Å². The summed E-state index contributed by atoms with van der Waals surface area (Å²) in [5.41, 5.74) is 0.883. The maximum Gasteiger partial charge on any atom is 0.318 e. The highest BCUT2D eigenvalue weighted by atomic mass is 32.1. The first-order valence-electron chi connectivity index (χ1n) is 7.77. The van der Waals surface area contributed by atoms with Gasteiger partial charge in [0.25, 0.3) is 0 Å². The van der Waals surface area contributed by atoms with E-state index >= 15 is 0 Å². The lowest BCUT2D eigenvalue weighted by Crippen LogP contribution is -2.42. The van der Waals surface area contributed by atoms with E-state index in [1.54, 1.807) is 17.6 Å². The number of aromatic nitrogens is 1. The molecule has 1 atom stereocenters. The summed E-state index contributed by atoms with van der Waals surface area (Å²) in [6.07, 6.45) is 3.76. The Morgan fingerprint density at radius 3 is 2.87 bits per heavy atom. The molecule has 3 rings (SSSR count). The lowest BCUT2D eigenvalue weighted by Gasteiger charge is -2.28. The third-order valence-corrected chi connectivity index (χ3v) is 4.95. The van der Waals surface area contributed by atoms with E-state index in [4.69, 9.17) is 4.42 Å². The molecule has 0 bridgehead atoms. The molecule has 1 aliphatic rings. The van der Waals surface area contributed by atoms with E-state index < -0.39 is 0 Å². The molecule has 0 radical (unpaired) electrons. The predicted molar refractivity (Wildman–Crippen MR) is 90.7 cm³/mol. The number of carbonyl (C=O) groups is 1. The fourth-order valence-corrected chi connectivity index (χ4v) is 3.28. The van der Waals surface area contributed by atoms with Crippen molar-refractivity contribution >= 4 is 22.5 Å². The smallest absolute Gasteiger partial charge is 0.318 e. The van der Waals surface area contributed by atoms with Gasteiger partial charge in [-0.1, -0.05) is 0 Å². The van der Waals surface area contributed by atoms with Gasteiger partial charge < -0.3 is 19.5 Å². The minimum atomic E-state index is -0.0646. The van der Waals surface area contributed by atoms with Crippen LogP contribution < -0.4 is 10.2 Å². The minimum absolute atomic E-state index is 0.0594. The average molecular weight is 334 g/mol. The van der Waals surface area contributed by atoms with E-state index in [9.17, 15) is 4.79 Å². The van der Waals surface area contributed by atoms with Crippen LogP contribution in [-0.4, -0.2) is 36.1 Å². The first kappa shape index (κ1) is 15.9. The number of anilines is 1. The molecule has 0 saturated heterocycles. The molecule has 2 aromatic rings. The number of urea groups is 1. The van der Waals surface area contributed by atoms with Crippen molar-refractivity contribution in [3.8, 4) is 0 Å². The van der Waals surface area contributed by atoms with Gasteiger partial charge in [-0.05, 0) is 31.9 Å². The summed E-state index contributed by atoms with van der Waals surface area (Å²) in [7, 11) is 3.92. The zero-order chi connectivity index (χ0) is 16.4. The number of rotatable bonds is 6. The maximum absolute atomic E-state index is 12.6. The van der Waals surface area contributed by atoms with E-state index in [0.717, 1.165) is 29.4 Å². The Morgan fingerprint density at radius 1 is 1.52 bits per heavy atom. The molecule has 1 fully saturated rings. The van der Waals surface area contributed by atoms with Gasteiger partial charge in [-0.3, -0.25) is 0 Å². The molecular formula is C16H22N4O2S. The molecule has 2 heterocycles.